The van der Waals surface area contributed by atoms with Crippen molar-refractivity contribution in [3.8, 4) is 0 Å². The molecule has 0 radical (unpaired) electrons. The summed E-state index contributed by atoms with van der Waals surface area (Å²) < 4.78 is 29.2. The largest absolute Gasteiger partial charge is 0.456 e. The van der Waals surface area contributed by atoms with Crippen LogP contribution in [0.15, 0.2) is 39.6 Å². The second-order valence-electron chi connectivity index (χ2n) is 4.77. The first kappa shape index (κ1) is 13.4. The van der Waals surface area contributed by atoms with Crippen LogP contribution in [-0.2, 0) is 9.84 Å². The third kappa shape index (κ3) is 1.93. The molecule has 2 aromatic carbocycles. The van der Waals surface area contributed by atoms with Crippen molar-refractivity contribution in [2.75, 3.05) is 12.0 Å². The maximum absolute atomic E-state index is 11.8. The average molecular weight is 304 g/mol. The summed E-state index contributed by atoms with van der Waals surface area (Å²) in [5.74, 6) is -0.797. The van der Waals surface area contributed by atoms with Crippen LogP contribution in [0.2, 0.25) is 0 Å². The Morgan fingerprint density at radius 3 is 2.48 bits per heavy atom. The molecule has 108 valence electrons. The van der Waals surface area contributed by atoms with Crippen molar-refractivity contribution in [2.45, 2.75) is 4.90 Å². The Morgan fingerprint density at radius 1 is 1.19 bits per heavy atom. The number of carbonyl (C=O) groups is 1. The monoisotopic (exact) mass is 304 g/mol. The van der Waals surface area contributed by atoms with E-state index in [-0.39, 0.29) is 21.7 Å². The van der Waals surface area contributed by atoms with E-state index in [4.69, 9.17) is 15.9 Å². The fourth-order valence-corrected chi connectivity index (χ4v) is 3.26. The molecule has 1 heterocycles. The molecule has 0 bridgehead atoms. The first-order valence-electron chi connectivity index (χ1n) is 6.04. The molecule has 0 aliphatic heterocycles. The van der Waals surface area contributed by atoms with E-state index >= 15 is 0 Å². The molecule has 0 aliphatic rings. The lowest BCUT2D eigenvalue weighted by molar-refractivity contribution is 0.100. The molecule has 7 heteroatoms. The van der Waals surface area contributed by atoms with Gasteiger partial charge in [-0.05, 0) is 6.07 Å². The van der Waals surface area contributed by atoms with Crippen LogP contribution in [0.3, 0.4) is 0 Å². The number of nitrogen functional groups attached to an aromatic ring is 1. The summed E-state index contributed by atoms with van der Waals surface area (Å²) in [5, 5.41) is 1.09. The minimum absolute atomic E-state index is 0.0297. The van der Waals surface area contributed by atoms with Gasteiger partial charge in [-0.15, -0.1) is 0 Å². The molecule has 3 aromatic rings. The molecule has 0 unspecified atom stereocenters. The van der Waals surface area contributed by atoms with Gasteiger partial charge in [0.05, 0.1) is 16.1 Å². The van der Waals surface area contributed by atoms with Crippen LogP contribution in [0.1, 0.15) is 10.4 Å². The van der Waals surface area contributed by atoms with Gasteiger partial charge >= 0.3 is 0 Å². The molecule has 0 aliphatic carbocycles. The van der Waals surface area contributed by atoms with Crippen molar-refractivity contribution >= 4 is 43.4 Å². The van der Waals surface area contributed by atoms with Crippen molar-refractivity contribution in [1.82, 2.24) is 0 Å². The lowest BCUT2D eigenvalue weighted by Gasteiger charge is -2.08. The topological polar surface area (TPSA) is 116 Å². The third-order valence-corrected chi connectivity index (χ3v) is 4.45. The highest BCUT2D eigenvalue weighted by atomic mass is 32.2. The summed E-state index contributed by atoms with van der Waals surface area (Å²) >= 11 is 0. The smallest absolute Gasteiger partial charge is 0.251 e. The van der Waals surface area contributed by atoms with Crippen molar-refractivity contribution in [1.29, 1.82) is 0 Å². The van der Waals surface area contributed by atoms with Gasteiger partial charge in [-0.1, -0.05) is 18.2 Å². The highest BCUT2D eigenvalue weighted by molar-refractivity contribution is 7.90. The lowest BCUT2D eigenvalue weighted by atomic mass is 10.0. The van der Waals surface area contributed by atoms with Gasteiger partial charge in [0.2, 0.25) is 0 Å². The van der Waals surface area contributed by atoms with Gasteiger partial charge < -0.3 is 15.9 Å². The van der Waals surface area contributed by atoms with Gasteiger partial charge in [-0.3, -0.25) is 4.79 Å². The number of rotatable bonds is 2. The Hall–Kier alpha value is -2.54. The SMILES string of the molecule is CS(=O)(=O)c1cc2oc3ccccc3c2c(C(N)=O)c1N. The summed E-state index contributed by atoms with van der Waals surface area (Å²) in [4.78, 5) is 11.6. The van der Waals surface area contributed by atoms with Gasteiger partial charge in [0.1, 0.15) is 11.2 Å². The van der Waals surface area contributed by atoms with Crippen LogP contribution in [0.25, 0.3) is 21.9 Å². The summed E-state index contributed by atoms with van der Waals surface area (Å²) in [7, 11) is -3.61. The number of nitrogens with two attached hydrogens (primary N) is 2. The average Bonchev–Trinajstić information content (AvgIpc) is 2.74. The number of hydrogen-bond acceptors (Lipinski definition) is 5. The third-order valence-electron chi connectivity index (χ3n) is 3.32. The van der Waals surface area contributed by atoms with Gasteiger partial charge in [0.15, 0.2) is 9.84 Å². The molecule has 6 nitrogen and oxygen atoms in total. The van der Waals surface area contributed by atoms with E-state index in [0.717, 1.165) is 6.26 Å². The van der Waals surface area contributed by atoms with Crippen LogP contribution in [0.5, 0.6) is 0 Å². The molecule has 0 fully saturated rings. The fraction of sp³-hybridized carbons (Fsp3) is 0.0714. The number of fused-ring (bicyclic) bond motifs is 3. The first-order valence-corrected chi connectivity index (χ1v) is 7.93. The molecular weight excluding hydrogens is 292 g/mol. The maximum Gasteiger partial charge on any atom is 0.251 e. The van der Waals surface area contributed by atoms with E-state index in [1.807, 2.05) is 0 Å². The number of furan rings is 1. The predicted octanol–water partition coefficient (Wildman–Crippen LogP) is 1.67. The predicted molar refractivity (Wildman–Crippen MR) is 79.8 cm³/mol. The second kappa shape index (κ2) is 4.23. The molecule has 0 spiro atoms. The van der Waals surface area contributed by atoms with Crippen LogP contribution in [0, 0.1) is 0 Å². The van der Waals surface area contributed by atoms with Crippen LogP contribution >= 0.6 is 0 Å². The Kier molecular flexibility index (Phi) is 2.70. The number of primary amides is 1. The second-order valence-corrected chi connectivity index (χ2v) is 6.76. The summed E-state index contributed by atoms with van der Waals surface area (Å²) in [5.41, 5.74) is 11.9. The number of benzene rings is 2. The summed E-state index contributed by atoms with van der Waals surface area (Å²) in [6.07, 6.45) is 1.01. The van der Waals surface area contributed by atoms with Crippen LogP contribution in [0.4, 0.5) is 5.69 Å². The van der Waals surface area contributed by atoms with E-state index in [1.54, 1.807) is 24.3 Å². The van der Waals surface area contributed by atoms with E-state index in [1.165, 1.54) is 6.07 Å². The molecule has 4 N–H and O–H groups in total. The summed E-state index contributed by atoms with van der Waals surface area (Å²) in [6, 6.07) is 8.36. The summed E-state index contributed by atoms with van der Waals surface area (Å²) in [6.45, 7) is 0. The zero-order chi connectivity index (χ0) is 15.4. The molecule has 1 amide bonds. The van der Waals surface area contributed by atoms with Crippen molar-refractivity contribution in [3.63, 3.8) is 0 Å². The Bertz CT molecular complexity index is 1000. The highest BCUT2D eigenvalue weighted by Gasteiger charge is 2.24. The zero-order valence-corrected chi connectivity index (χ0v) is 11.9. The van der Waals surface area contributed by atoms with Crippen molar-refractivity contribution < 1.29 is 17.6 Å². The normalized spacial score (nSPS) is 12.0. The Labute approximate surface area is 120 Å². The Balaban J connectivity index is 2.62. The van der Waals surface area contributed by atoms with E-state index in [9.17, 15) is 13.2 Å². The van der Waals surface area contributed by atoms with E-state index in [0.29, 0.717) is 16.4 Å². The standard InChI is InChI=1S/C14H12N2O4S/c1-21(18,19)10-6-9-11(12(13(10)15)14(16)17)7-4-2-3-5-8(7)20-9/h2-6H,15H2,1H3,(H2,16,17). The molecule has 0 saturated heterocycles. The fourth-order valence-electron chi connectivity index (χ4n) is 2.44. The van der Waals surface area contributed by atoms with Crippen LogP contribution < -0.4 is 11.5 Å². The number of anilines is 1. The molecule has 0 saturated carbocycles. The molecule has 21 heavy (non-hydrogen) atoms. The number of amides is 1. The lowest BCUT2D eigenvalue weighted by Crippen LogP contribution is -2.16. The van der Waals surface area contributed by atoms with Gasteiger partial charge in [0.25, 0.3) is 5.91 Å². The maximum atomic E-state index is 11.8. The Morgan fingerprint density at radius 2 is 1.86 bits per heavy atom. The molecule has 0 atom stereocenters. The zero-order valence-electron chi connectivity index (χ0n) is 11.1. The van der Waals surface area contributed by atoms with Crippen molar-refractivity contribution in [3.05, 3.63) is 35.9 Å². The number of carbonyl (C=O) groups excluding carboxylic acids is 1. The minimum atomic E-state index is -3.61. The first-order chi connectivity index (χ1) is 9.80. The molecule has 1 aromatic heterocycles. The van der Waals surface area contributed by atoms with Gasteiger partial charge in [-0.25, -0.2) is 8.42 Å². The van der Waals surface area contributed by atoms with Crippen molar-refractivity contribution in [2.24, 2.45) is 5.73 Å². The molecule has 3 rings (SSSR count). The quantitative estimate of drug-likeness (QED) is 0.698. The van der Waals surface area contributed by atoms with E-state index in [2.05, 4.69) is 0 Å². The minimum Gasteiger partial charge on any atom is -0.456 e. The van der Waals surface area contributed by atoms with Gasteiger partial charge in [-0.2, -0.15) is 0 Å². The number of hydrogen-bond donors (Lipinski definition) is 2. The number of sulfone groups is 1. The number of para-hydroxylation sites is 1. The molecular formula is C14H12N2O4S. The highest BCUT2D eigenvalue weighted by Crippen LogP contribution is 2.37. The van der Waals surface area contributed by atoms with E-state index < -0.39 is 15.7 Å². The van der Waals surface area contributed by atoms with Crippen LogP contribution in [-0.4, -0.2) is 20.6 Å². The van der Waals surface area contributed by atoms with Gasteiger partial charge in [0, 0.05) is 23.1 Å².